The summed E-state index contributed by atoms with van der Waals surface area (Å²) in [5.41, 5.74) is 3.47. The summed E-state index contributed by atoms with van der Waals surface area (Å²) in [6.07, 6.45) is 1.15. The Bertz CT molecular complexity index is 1100. The number of rotatable bonds is 3. The number of nitro groups is 1. The van der Waals surface area contributed by atoms with Gasteiger partial charge in [-0.3, -0.25) is 24.6 Å². The predicted octanol–water partition coefficient (Wildman–Crippen LogP) is 5.07. The van der Waals surface area contributed by atoms with Crippen LogP contribution >= 0.6 is 0 Å². The van der Waals surface area contributed by atoms with Crippen molar-refractivity contribution in [2.75, 3.05) is 4.90 Å². The molecule has 1 aliphatic carbocycles. The molecule has 1 amide bonds. The number of carbonyl (C=O) groups excluding carboxylic acids is 2. The van der Waals surface area contributed by atoms with Crippen LogP contribution in [0.4, 0.5) is 11.4 Å². The van der Waals surface area contributed by atoms with Crippen molar-refractivity contribution in [2.24, 2.45) is 5.41 Å². The maximum absolute atomic E-state index is 13.4. The molecule has 6 nitrogen and oxygen atoms in total. The van der Waals surface area contributed by atoms with E-state index in [9.17, 15) is 19.7 Å². The minimum atomic E-state index is -0.473. The number of ketones is 1. The van der Waals surface area contributed by atoms with Gasteiger partial charge >= 0.3 is 0 Å². The van der Waals surface area contributed by atoms with Gasteiger partial charge in [0.05, 0.1) is 10.6 Å². The second-order valence-corrected chi connectivity index (χ2v) is 8.92. The highest BCUT2D eigenvalue weighted by Gasteiger charge is 2.44. The van der Waals surface area contributed by atoms with Crippen LogP contribution in [0.25, 0.3) is 0 Å². The number of amides is 1. The highest BCUT2D eigenvalue weighted by atomic mass is 16.6. The first-order valence-electron chi connectivity index (χ1n) is 10.1. The largest absolute Gasteiger partial charge is 0.294 e. The molecule has 0 aromatic heterocycles. The third-order valence-electron chi connectivity index (χ3n) is 6.01. The molecule has 2 aromatic rings. The number of non-ortho nitro benzene ring substituents is 1. The van der Waals surface area contributed by atoms with E-state index in [1.54, 1.807) is 12.1 Å². The lowest BCUT2D eigenvalue weighted by Crippen LogP contribution is -2.43. The maximum Gasteiger partial charge on any atom is 0.271 e. The number of anilines is 1. The quantitative estimate of drug-likeness (QED) is 0.528. The van der Waals surface area contributed by atoms with Gasteiger partial charge in [-0.2, -0.15) is 0 Å². The van der Waals surface area contributed by atoms with Crippen LogP contribution in [-0.2, 0) is 9.59 Å². The van der Waals surface area contributed by atoms with Gasteiger partial charge in [0.25, 0.3) is 5.69 Å². The van der Waals surface area contributed by atoms with E-state index in [1.807, 2.05) is 45.0 Å². The summed E-state index contributed by atoms with van der Waals surface area (Å²) in [5.74, 6) is -0.377. The molecule has 0 N–H and O–H groups in total. The number of aryl methyl sites for hydroxylation is 1. The zero-order valence-corrected chi connectivity index (χ0v) is 17.3. The average Bonchev–Trinajstić information content (AvgIpc) is 2.66. The lowest BCUT2D eigenvalue weighted by molar-refractivity contribution is -0.384. The number of Topliss-reactive ketones (excluding diaryl/α,β-unsaturated/α-hetero) is 1. The fourth-order valence-corrected chi connectivity index (χ4v) is 4.70. The van der Waals surface area contributed by atoms with E-state index in [-0.39, 0.29) is 35.1 Å². The van der Waals surface area contributed by atoms with Crippen molar-refractivity contribution in [2.45, 2.75) is 46.0 Å². The fourth-order valence-electron chi connectivity index (χ4n) is 4.70. The SMILES string of the molecule is Cc1ccccc1C1CC(=O)N(c2cccc([N+](=O)[O-])c2)C2=C1C(=O)CC(C)(C)C2. The van der Waals surface area contributed by atoms with Crippen LogP contribution in [0.1, 0.15) is 50.2 Å². The molecule has 154 valence electrons. The van der Waals surface area contributed by atoms with Crippen LogP contribution in [0.2, 0.25) is 0 Å². The first kappa shape index (κ1) is 20.0. The molecule has 2 aromatic carbocycles. The highest BCUT2D eigenvalue weighted by Crippen LogP contribution is 2.48. The topological polar surface area (TPSA) is 80.5 Å². The number of allylic oxidation sites excluding steroid dienone is 2. The van der Waals surface area contributed by atoms with Gasteiger partial charge in [-0.25, -0.2) is 0 Å². The van der Waals surface area contributed by atoms with Gasteiger partial charge in [0, 0.05) is 42.2 Å². The van der Waals surface area contributed by atoms with Crippen LogP contribution in [0.3, 0.4) is 0 Å². The number of nitrogens with zero attached hydrogens (tertiary/aromatic N) is 2. The average molecular weight is 404 g/mol. The molecular formula is C24H24N2O4. The van der Waals surface area contributed by atoms with Gasteiger partial charge < -0.3 is 0 Å². The molecule has 0 bridgehead atoms. The van der Waals surface area contributed by atoms with E-state index < -0.39 is 4.92 Å². The predicted molar refractivity (Wildman–Crippen MR) is 114 cm³/mol. The van der Waals surface area contributed by atoms with Gasteiger partial charge in [-0.05, 0) is 36.0 Å². The Balaban J connectivity index is 1.92. The Hall–Kier alpha value is -3.28. The standard InChI is InChI=1S/C24H24N2O4/c1-15-7-4-5-10-18(15)19-12-22(28)25(16-8-6-9-17(11-16)26(29)30)20-13-24(2,3)14-21(27)23(19)20/h4-11,19H,12-14H2,1-3H3. The Kier molecular flexibility index (Phi) is 4.80. The molecule has 0 spiro atoms. The van der Waals surface area contributed by atoms with E-state index in [0.29, 0.717) is 29.8 Å². The van der Waals surface area contributed by atoms with Crippen LogP contribution in [-0.4, -0.2) is 16.6 Å². The molecule has 0 fully saturated rings. The normalized spacial score (nSPS) is 20.9. The molecule has 4 rings (SSSR count). The van der Waals surface area contributed by atoms with E-state index in [4.69, 9.17) is 0 Å². The van der Waals surface area contributed by atoms with Crippen LogP contribution in [0.5, 0.6) is 0 Å². The van der Waals surface area contributed by atoms with E-state index >= 15 is 0 Å². The van der Waals surface area contributed by atoms with Crippen molar-refractivity contribution in [3.8, 4) is 0 Å². The monoisotopic (exact) mass is 404 g/mol. The summed E-state index contributed by atoms with van der Waals surface area (Å²) in [7, 11) is 0. The summed E-state index contributed by atoms with van der Waals surface area (Å²) in [4.78, 5) is 39.0. The van der Waals surface area contributed by atoms with Crippen LogP contribution in [0.15, 0.2) is 59.8 Å². The van der Waals surface area contributed by atoms with Crippen LogP contribution in [0, 0.1) is 22.5 Å². The second kappa shape index (κ2) is 7.20. The molecule has 1 atom stereocenters. The zero-order chi connectivity index (χ0) is 21.6. The summed E-state index contributed by atoms with van der Waals surface area (Å²) >= 11 is 0. The van der Waals surface area contributed by atoms with Gasteiger partial charge in [0.2, 0.25) is 5.91 Å². The first-order chi connectivity index (χ1) is 14.2. The van der Waals surface area contributed by atoms with E-state index in [1.165, 1.54) is 17.0 Å². The number of carbonyl (C=O) groups is 2. The van der Waals surface area contributed by atoms with Crippen molar-refractivity contribution in [1.29, 1.82) is 0 Å². The highest BCUT2D eigenvalue weighted by molar-refractivity contribution is 6.08. The third-order valence-corrected chi connectivity index (χ3v) is 6.01. The van der Waals surface area contributed by atoms with Crippen LogP contribution < -0.4 is 4.90 Å². The Morgan fingerprint density at radius 3 is 2.50 bits per heavy atom. The molecule has 1 heterocycles. The molecule has 0 saturated heterocycles. The minimum Gasteiger partial charge on any atom is -0.294 e. The summed E-state index contributed by atoms with van der Waals surface area (Å²) in [5, 5.41) is 11.3. The summed E-state index contributed by atoms with van der Waals surface area (Å²) in [6.45, 7) is 6.02. The third kappa shape index (κ3) is 3.43. The number of nitro benzene ring substituents is 1. The van der Waals surface area contributed by atoms with Crippen molar-refractivity contribution in [3.05, 3.63) is 81.0 Å². The zero-order valence-electron chi connectivity index (χ0n) is 17.3. The Morgan fingerprint density at radius 2 is 1.80 bits per heavy atom. The smallest absolute Gasteiger partial charge is 0.271 e. The van der Waals surface area contributed by atoms with Gasteiger partial charge in [0.15, 0.2) is 5.78 Å². The lowest BCUT2D eigenvalue weighted by atomic mass is 9.69. The van der Waals surface area contributed by atoms with Gasteiger partial charge in [-0.1, -0.05) is 44.2 Å². The van der Waals surface area contributed by atoms with Gasteiger partial charge in [0.1, 0.15) is 0 Å². The van der Waals surface area contributed by atoms with E-state index in [2.05, 4.69) is 0 Å². The summed E-state index contributed by atoms with van der Waals surface area (Å²) in [6, 6.07) is 13.9. The molecule has 30 heavy (non-hydrogen) atoms. The summed E-state index contributed by atoms with van der Waals surface area (Å²) < 4.78 is 0. The van der Waals surface area contributed by atoms with Crippen molar-refractivity contribution < 1.29 is 14.5 Å². The number of hydrogen-bond acceptors (Lipinski definition) is 4. The first-order valence-corrected chi connectivity index (χ1v) is 10.1. The number of benzene rings is 2. The molecule has 1 unspecified atom stereocenters. The molecular weight excluding hydrogens is 380 g/mol. The molecule has 2 aliphatic rings. The minimum absolute atomic E-state index is 0.0532. The fraction of sp³-hybridized carbons (Fsp3) is 0.333. The lowest BCUT2D eigenvalue weighted by Gasteiger charge is -2.43. The Morgan fingerprint density at radius 1 is 1.07 bits per heavy atom. The maximum atomic E-state index is 13.4. The molecule has 0 saturated carbocycles. The second-order valence-electron chi connectivity index (χ2n) is 8.92. The van der Waals surface area contributed by atoms with Gasteiger partial charge in [-0.15, -0.1) is 0 Å². The number of hydrogen-bond donors (Lipinski definition) is 0. The van der Waals surface area contributed by atoms with Crippen molar-refractivity contribution in [3.63, 3.8) is 0 Å². The van der Waals surface area contributed by atoms with Crippen molar-refractivity contribution in [1.82, 2.24) is 0 Å². The molecule has 0 radical (unpaired) electrons. The Labute approximate surface area is 175 Å². The molecule has 1 aliphatic heterocycles. The van der Waals surface area contributed by atoms with E-state index in [0.717, 1.165) is 11.1 Å². The molecule has 6 heteroatoms. The van der Waals surface area contributed by atoms with Crippen molar-refractivity contribution >= 4 is 23.1 Å².